The highest BCUT2D eigenvalue weighted by Crippen LogP contribution is 2.22. The zero-order valence-corrected chi connectivity index (χ0v) is 12.2. The summed E-state index contributed by atoms with van der Waals surface area (Å²) in [6.07, 6.45) is 0.789. The van der Waals surface area contributed by atoms with Gasteiger partial charge in [0, 0.05) is 12.6 Å². The maximum Gasteiger partial charge on any atom is 0.354 e. The lowest BCUT2D eigenvalue weighted by molar-refractivity contribution is -0.384. The first-order chi connectivity index (χ1) is 9.99. The molecule has 1 aromatic heterocycles. The van der Waals surface area contributed by atoms with Crippen LogP contribution in [0.2, 0.25) is 0 Å². The zero-order valence-electron chi connectivity index (χ0n) is 12.2. The van der Waals surface area contributed by atoms with Crippen LogP contribution in [0.3, 0.4) is 0 Å². The first kappa shape index (κ1) is 16.8. The van der Waals surface area contributed by atoms with Crippen LogP contribution in [0.1, 0.15) is 30.8 Å². The zero-order chi connectivity index (χ0) is 15.8. The fraction of sp³-hybridized carbons (Fsp3) is 0.538. The van der Waals surface area contributed by atoms with Crippen LogP contribution in [-0.2, 0) is 0 Å². The summed E-state index contributed by atoms with van der Waals surface area (Å²) in [7, 11) is 0. The number of nitrogens with one attached hydrogen (secondary N) is 1. The van der Waals surface area contributed by atoms with E-state index in [1.165, 1.54) is 0 Å². The van der Waals surface area contributed by atoms with Gasteiger partial charge in [0.25, 0.3) is 0 Å². The molecule has 0 atom stereocenters. The van der Waals surface area contributed by atoms with E-state index in [0.717, 1.165) is 38.2 Å². The molecule has 0 saturated carbocycles. The van der Waals surface area contributed by atoms with Gasteiger partial charge in [-0.15, -0.1) is 0 Å². The molecule has 21 heavy (non-hydrogen) atoms. The first-order valence-corrected chi connectivity index (χ1v) is 6.84. The summed E-state index contributed by atoms with van der Waals surface area (Å²) in [5.74, 6) is -1.21. The maximum absolute atomic E-state index is 10.9. The van der Waals surface area contributed by atoms with Gasteiger partial charge in [-0.2, -0.15) is 0 Å². The Morgan fingerprint density at radius 2 is 2.10 bits per heavy atom. The quantitative estimate of drug-likeness (QED) is 0.406. The fourth-order valence-corrected chi connectivity index (χ4v) is 1.90. The third kappa shape index (κ3) is 4.99. The van der Waals surface area contributed by atoms with Crippen LogP contribution in [0.4, 0.5) is 11.5 Å². The van der Waals surface area contributed by atoms with Gasteiger partial charge < -0.3 is 15.3 Å². The third-order valence-corrected chi connectivity index (χ3v) is 3.13. The van der Waals surface area contributed by atoms with Gasteiger partial charge in [-0.3, -0.25) is 10.1 Å². The summed E-state index contributed by atoms with van der Waals surface area (Å²) in [6.45, 7) is 7.39. The Kier molecular flexibility index (Phi) is 6.54. The van der Waals surface area contributed by atoms with Gasteiger partial charge in [-0.05, 0) is 32.1 Å². The monoisotopic (exact) mass is 296 g/mol. The van der Waals surface area contributed by atoms with Crippen LogP contribution in [0.25, 0.3) is 0 Å². The topological polar surface area (TPSA) is 109 Å². The van der Waals surface area contributed by atoms with E-state index < -0.39 is 10.9 Å². The van der Waals surface area contributed by atoms with Crippen molar-refractivity contribution >= 4 is 17.5 Å². The van der Waals surface area contributed by atoms with Gasteiger partial charge in [0.15, 0.2) is 5.69 Å². The molecule has 0 spiro atoms. The minimum Gasteiger partial charge on any atom is -0.477 e. The molecule has 0 saturated heterocycles. The fourth-order valence-electron chi connectivity index (χ4n) is 1.90. The smallest absolute Gasteiger partial charge is 0.354 e. The maximum atomic E-state index is 10.9. The molecule has 8 heteroatoms. The molecule has 0 aliphatic heterocycles. The number of nitrogens with zero attached hydrogens (tertiary/aromatic N) is 3. The normalized spacial score (nSPS) is 10.6. The number of aromatic carboxylic acids is 1. The highest BCUT2D eigenvalue weighted by atomic mass is 16.6. The molecule has 0 radical (unpaired) electrons. The lowest BCUT2D eigenvalue weighted by Gasteiger charge is -2.17. The molecule has 0 fully saturated rings. The minimum atomic E-state index is -1.21. The van der Waals surface area contributed by atoms with Crippen molar-refractivity contribution in [3.63, 3.8) is 0 Å². The number of hydrogen-bond acceptors (Lipinski definition) is 6. The second-order valence-corrected chi connectivity index (χ2v) is 4.43. The SMILES string of the molecule is CCN(CC)CCCNc1nc(C(=O)O)ccc1[N+](=O)[O-]. The van der Waals surface area contributed by atoms with Crippen LogP contribution in [0.5, 0.6) is 0 Å². The van der Waals surface area contributed by atoms with E-state index in [1.54, 1.807) is 0 Å². The molecule has 1 heterocycles. The van der Waals surface area contributed by atoms with Gasteiger partial charge in [-0.25, -0.2) is 9.78 Å². The molecule has 8 nitrogen and oxygen atoms in total. The van der Waals surface area contributed by atoms with E-state index in [9.17, 15) is 14.9 Å². The van der Waals surface area contributed by atoms with Gasteiger partial charge in [0.1, 0.15) is 0 Å². The molecule has 0 aliphatic rings. The van der Waals surface area contributed by atoms with Gasteiger partial charge in [0.2, 0.25) is 5.82 Å². The van der Waals surface area contributed by atoms with E-state index in [0.29, 0.717) is 6.54 Å². The second kappa shape index (κ2) is 8.15. The average Bonchev–Trinajstić information content (AvgIpc) is 2.47. The Bertz CT molecular complexity index is 503. The summed E-state index contributed by atoms with van der Waals surface area (Å²) in [4.78, 5) is 27.2. The van der Waals surface area contributed by atoms with Gasteiger partial charge >= 0.3 is 11.7 Å². The van der Waals surface area contributed by atoms with E-state index >= 15 is 0 Å². The van der Waals surface area contributed by atoms with E-state index in [4.69, 9.17) is 5.11 Å². The molecular formula is C13H20N4O4. The van der Waals surface area contributed by atoms with Crippen molar-refractivity contribution in [2.24, 2.45) is 0 Å². The Morgan fingerprint density at radius 1 is 1.43 bits per heavy atom. The number of pyridine rings is 1. The Labute approximate surface area is 122 Å². The van der Waals surface area contributed by atoms with E-state index in [1.807, 2.05) is 0 Å². The summed E-state index contributed by atoms with van der Waals surface area (Å²) >= 11 is 0. The lowest BCUT2D eigenvalue weighted by Crippen LogP contribution is -2.25. The highest BCUT2D eigenvalue weighted by molar-refractivity contribution is 5.86. The number of carbonyl (C=O) groups is 1. The molecule has 0 aromatic carbocycles. The predicted molar refractivity (Wildman–Crippen MR) is 78.7 cm³/mol. The average molecular weight is 296 g/mol. The second-order valence-electron chi connectivity index (χ2n) is 4.43. The Balaban J connectivity index is 2.69. The van der Waals surface area contributed by atoms with Crippen molar-refractivity contribution in [2.45, 2.75) is 20.3 Å². The summed E-state index contributed by atoms with van der Waals surface area (Å²) < 4.78 is 0. The molecule has 2 N–H and O–H groups in total. The Hall–Kier alpha value is -2.22. The van der Waals surface area contributed by atoms with Gasteiger partial charge in [-0.1, -0.05) is 13.8 Å². The van der Waals surface area contributed by atoms with Crippen molar-refractivity contribution < 1.29 is 14.8 Å². The number of anilines is 1. The van der Waals surface area contributed by atoms with Crippen LogP contribution < -0.4 is 5.32 Å². The van der Waals surface area contributed by atoms with Crippen LogP contribution >= 0.6 is 0 Å². The van der Waals surface area contributed by atoms with Crippen molar-refractivity contribution in [3.8, 4) is 0 Å². The summed E-state index contributed by atoms with van der Waals surface area (Å²) in [6, 6.07) is 2.28. The molecule has 116 valence electrons. The predicted octanol–water partition coefficient (Wildman–Crippen LogP) is 1.83. The number of carboxylic acid groups (broad SMARTS) is 1. The van der Waals surface area contributed by atoms with E-state index in [-0.39, 0.29) is 17.2 Å². The van der Waals surface area contributed by atoms with Crippen LogP contribution in [0, 0.1) is 10.1 Å². The van der Waals surface area contributed by atoms with Crippen molar-refractivity contribution in [1.82, 2.24) is 9.88 Å². The molecular weight excluding hydrogens is 276 g/mol. The summed E-state index contributed by atoms with van der Waals surface area (Å²) in [5, 5.41) is 22.6. The lowest BCUT2D eigenvalue weighted by atomic mass is 10.3. The van der Waals surface area contributed by atoms with Crippen molar-refractivity contribution in [3.05, 3.63) is 27.9 Å². The Morgan fingerprint density at radius 3 is 2.62 bits per heavy atom. The molecule has 0 aliphatic carbocycles. The first-order valence-electron chi connectivity index (χ1n) is 6.84. The molecule has 0 amide bonds. The minimum absolute atomic E-state index is 0.000512. The van der Waals surface area contributed by atoms with Crippen LogP contribution in [0.15, 0.2) is 12.1 Å². The van der Waals surface area contributed by atoms with Crippen molar-refractivity contribution in [2.75, 3.05) is 31.5 Å². The summed E-state index contributed by atoms with van der Waals surface area (Å²) in [5.41, 5.74) is -0.435. The van der Waals surface area contributed by atoms with E-state index in [2.05, 4.69) is 29.0 Å². The molecule has 1 aromatic rings. The number of carboxylic acids is 1. The van der Waals surface area contributed by atoms with Crippen LogP contribution in [-0.4, -0.2) is 52.1 Å². The highest BCUT2D eigenvalue weighted by Gasteiger charge is 2.18. The molecule has 1 rings (SSSR count). The number of rotatable bonds is 9. The largest absolute Gasteiger partial charge is 0.477 e. The third-order valence-electron chi connectivity index (χ3n) is 3.13. The van der Waals surface area contributed by atoms with Crippen molar-refractivity contribution in [1.29, 1.82) is 0 Å². The molecule has 0 bridgehead atoms. The number of aromatic nitrogens is 1. The standard InChI is InChI=1S/C13H20N4O4/c1-3-16(4-2)9-5-8-14-12-11(17(20)21)7-6-10(15-12)13(18)19/h6-7H,3-5,8-9H2,1-2H3,(H,14,15)(H,18,19). The number of hydrogen-bond donors (Lipinski definition) is 2. The number of nitro groups is 1. The molecule has 0 unspecified atom stereocenters. The van der Waals surface area contributed by atoms with Gasteiger partial charge in [0.05, 0.1) is 4.92 Å².